The van der Waals surface area contributed by atoms with Crippen LogP contribution in [-0.2, 0) is 16.6 Å². The molecule has 0 aliphatic carbocycles. The van der Waals surface area contributed by atoms with Gasteiger partial charge in [-0.15, -0.1) is 0 Å². The van der Waals surface area contributed by atoms with Crippen LogP contribution in [0.25, 0.3) is 0 Å². The molecule has 0 aliphatic heterocycles. The summed E-state index contributed by atoms with van der Waals surface area (Å²) in [5.74, 6) is 0. The molecule has 19 heavy (non-hydrogen) atoms. The van der Waals surface area contributed by atoms with Crippen LogP contribution in [0.3, 0.4) is 0 Å². The van der Waals surface area contributed by atoms with Gasteiger partial charge in [-0.05, 0) is 35.9 Å². The molecule has 2 rings (SSSR count). The number of halogens is 2. The monoisotopic (exact) mass is 316 g/mol. The molecule has 7 heteroatoms. The van der Waals surface area contributed by atoms with Crippen molar-refractivity contribution in [1.29, 1.82) is 0 Å². The molecular weight excluding hydrogens is 307 g/mol. The van der Waals surface area contributed by atoms with Gasteiger partial charge in [0.15, 0.2) is 0 Å². The van der Waals surface area contributed by atoms with Crippen LogP contribution in [0.2, 0.25) is 10.0 Å². The van der Waals surface area contributed by atoms with Gasteiger partial charge in [0, 0.05) is 18.9 Å². The lowest BCUT2D eigenvalue weighted by atomic mass is 10.3. The lowest BCUT2D eigenvalue weighted by molar-refractivity contribution is 0.581. The Hall–Kier alpha value is -1.14. The van der Waals surface area contributed by atoms with Crippen molar-refractivity contribution in [3.05, 3.63) is 58.3 Å². The Balaban J connectivity index is 2.16. The van der Waals surface area contributed by atoms with E-state index in [1.165, 1.54) is 18.2 Å². The molecule has 0 saturated heterocycles. The Morgan fingerprint density at radius 3 is 2.37 bits per heavy atom. The zero-order chi connectivity index (χ0) is 13.9. The first kappa shape index (κ1) is 14.3. The Morgan fingerprint density at radius 2 is 1.74 bits per heavy atom. The number of nitrogens with zero attached hydrogens (tertiary/aromatic N) is 1. The van der Waals surface area contributed by atoms with Gasteiger partial charge in [-0.2, -0.15) is 0 Å². The summed E-state index contributed by atoms with van der Waals surface area (Å²) in [6, 6.07) is 7.64. The molecule has 0 fully saturated rings. The predicted molar refractivity (Wildman–Crippen MR) is 74.7 cm³/mol. The van der Waals surface area contributed by atoms with Crippen molar-refractivity contribution in [1.82, 2.24) is 9.71 Å². The molecule has 1 heterocycles. The normalized spacial score (nSPS) is 11.5. The van der Waals surface area contributed by atoms with Crippen LogP contribution in [0.15, 0.2) is 47.6 Å². The molecule has 0 spiro atoms. The summed E-state index contributed by atoms with van der Waals surface area (Å²) in [6.45, 7) is 0.186. The van der Waals surface area contributed by atoms with E-state index in [0.29, 0.717) is 5.02 Å². The zero-order valence-electron chi connectivity index (χ0n) is 9.68. The molecule has 0 bridgehead atoms. The van der Waals surface area contributed by atoms with Crippen LogP contribution >= 0.6 is 23.2 Å². The first-order chi connectivity index (χ1) is 8.99. The van der Waals surface area contributed by atoms with Crippen LogP contribution in [0.4, 0.5) is 0 Å². The molecule has 0 aliphatic rings. The minimum atomic E-state index is -3.61. The summed E-state index contributed by atoms with van der Waals surface area (Å²) in [5.41, 5.74) is 0.818. The van der Waals surface area contributed by atoms with Gasteiger partial charge >= 0.3 is 0 Å². The van der Waals surface area contributed by atoms with Crippen molar-refractivity contribution in [3.8, 4) is 0 Å². The molecule has 100 valence electrons. The number of aromatic nitrogens is 1. The smallest absolute Gasteiger partial charge is 0.240 e. The second-order valence-electron chi connectivity index (χ2n) is 3.76. The maximum absolute atomic E-state index is 12.0. The first-order valence-electron chi connectivity index (χ1n) is 5.33. The Bertz CT molecular complexity index is 675. The van der Waals surface area contributed by atoms with Crippen LogP contribution in [-0.4, -0.2) is 13.4 Å². The molecule has 0 radical (unpaired) electrons. The number of pyridine rings is 1. The minimum absolute atomic E-state index is 0.0796. The largest absolute Gasteiger partial charge is 0.265 e. The highest BCUT2D eigenvalue weighted by molar-refractivity contribution is 7.89. The Labute approximate surface area is 121 Å². The predicted octanol–water partition coefficient (Wildman–Crippen LogP) is 2.87. The average Bonchev–Trinajstić information content (AvgIpc) is 2.41. The van der Waals surface area contributed by atoms with E-state index >= 15 is 0 Å². The number of hydrogen-bond acceptors (Lipinski definition) is 3. The number of nitrogens with one attached hydrogen (secondary N) is 1. The highest BCUT2D eigenvalue weighted by Crippen LogP contribution is 2.24. The maximum atomic E-state index is 12.0. The van der Waals surface area contributed by atoms with Crippen molar-refractivity contribution in [2.24, 2.45) is 0 Å². The van der Waals surface area contributed by atoms with Crippen LogP contribution < -0.4 is 4.72 Å². The first-order valence-corrected chi connectivity index (χ1v) is 7.56. The summed E-state index contributed by atoms with van der Waals surface area (Å²) in [5, 5.41) is 0.517. The van der Waals surface area contributed by atoms with E-state index in [1.807, 2.05) is 0 Å². The van der Waals surface area contributed by atoms with Gasteiger partial charge in [0.1, 0.15) is 0 Å². The van der Waals surface area contributed by atoms with Crippen LogP contribution in [0.1, 0.15) is 5.56 Å². The summed E-state index contributed by atoms with van der Waals surface area (Å²) in [7, 11) is -3.61. The molecule has 0 unspecified atom stereocenters. The summed E-state index contributed by atoms with van der Waals surface area (Å²) < 4.78 is 26.6. The van der Waals surface area contributed by atoms with Crippen LogP contribution in [0.5, 0.6) is 0 Å². The van der Waals surface area contributed by atoms with E-state index in [1.54, 1.807) is 24.5 Å². The quantitative estimate of drug-likeness (QED) is 0.943. The Morgan fingerprint density at radius 1 is 1.05 bits per heavy atom. The maximum Gasteiger partial charge on any atom is 0.240 e. The third-order valence-corrected chi connectivity index (χ3v) is 4.55. The number of rotatable bonds is 4. The molecule has 0 saturated carbocycles. The molecule has 1 N–H and O–H groups in total. The minimum Gasteiger partial charge on any atom is -0.265 e. The third-order valence-electron chi connectivity index (χ3n) is 2.42. The summed E-state index contributed by atoms with van der Waals surface area (Å²) >= 11 is 11.6. The van der Waals surface area contributed by atoms with E-state index in [2.05, 4.69) is 9.71 Å². The lowest BCUT2D eigenvalue weighted by Crippen LogP contribution is -2.23. The molecular formula is C12H10Cl2N2O2S. The second kappa shape index (κ2) is 5.88. The second-order valence-corrected chi connectivity index (χ2v) is 6.34. The van der Waals surface area contributed by atoms with Gasteiger partial charge in [0.2, 0.25) is 10.0 Å². The molecule has 0 atom stereocenters. The van der Waals surface area contributed by atoms with Crippen molar-refractivity contribution in [3.63, 3.8) is 0 Å². The van der Waals surface area contributed by atoms with E-state index < -0.39 is 10.0 Å². The molecule has 2 aromatic rings. The van der Waals surface area contributed by atoms with E-state index in [4.69, 9.17) is 23.2 Å². The van der Waals surface area contributed by atoms with Crippen molar-refractivity contribution in [2.45, 2.75) is 11.4 Å². The summed E-state index contributed by atoms with van der Waals surface area (Å²) in [6.07, 6.45) is 3.20. The highest BCUT2D eigenvalue weighted by atomic mass is 35.5. The van der Waals surface area contributed by atoms with Gasteiger partial charge in [-0.25, -0.2) is 13.1 Å². The van der Waals surface area contributed by atoms with Gasteiger partial charge in [-0.1, -0.05) is 23.2 Å². The zero-order valence-corrected chi connectivity index (χ0v) is 12.0. The number of hydrogen-bond donors (Lipinski definition) is 1. The standard InChI is InChI=1S/C12H10Cl2N2O2S/c13-11-2-1-10(7-12(11)14)19(17,18)16-8-9-3-5-15-6-4-9/h1-7,16H,8H2. The fraction of sp³-hybridized carbons (Fsp3) is 0.0833. The lowest BCUT2D eigenvalue weighted by Gasteiger charge is -2.07. The highest BCUT2D eigenvalue weighted by Gasteiger charge is 2.15. The van der Waals surface area contributed by atoms with Gasteiger partial charge in [0.05, 0.1) is 14.9 Å². The Kier molecular flexibility index (Phi) is 4.42. The van der Waals surface area contributed by atoms with E-state index in [0.717, 1.165) is 5.56 Å². The molecule has 4 nitrogen and oxygen atoms in total. The van der Waals surface area contributed by atoms with Crippen LogP contribution in [0, 0.1) is 0 Å². The topological polar surface area (TPSA) is 59.1 Å². The molecule has 1 aromatic carbocycles. The number of benzene rings is 1. The fourth-order valence-corrected chi connectivity index (χ4v) is 2.81. The van der Waals surface area contributed by atoms with Gasteiger partial charge in [0.25, 0.3) is 0 Å². The van der Waals surface area contributed by atoms with E-state index in [9.17, 15) is 8.42 Å². The molecule has 0 amide bonds. The number of sulfonamides is 1. The summed E-state index contributed by atoms with van der Waals surface area (Å²) in [4.78, 5) is 3.94. The average molecular weight is 317 g/mol. The molecule has 1 aromatic heterocycles. The van der Waals surface area contributed by atoms with Crippen molar-refractivity contribution < 1.29 is 8.42 Å². The van der Waals surface area contributed by atoms with E-state index in [-0.39, 0.29) is 16.5 Å². The van der Waals surface area contributed by atoms with Crippen molar-refractivity contribution in [2.75, 3.05) is 0 Å². The SMILES string of the molecule is O=S(=O)(NCc1ccncc1)c1ccc(Cl)c(Cl)c1. The van der Waals surface area contributed by atoms with Gasteiger partial charge in [-0.3, -0.25) is 4.98 Å². The third kappa shape index (κ3) is 3.67. The van der Waals surface area contributed by atoms with Crippen molar-refractivity contribution >= 4 is 33.2 Å². The van der Waals surface area contributed by atoms with Gasteiger partial charge < -0.3 is 0 Å². The fourth-order valence-electron chi connectivity index (χ4n) is 1.41.